The first-order chi connectivity index (χ1) is 15.9. The normalized spacial score (nSPS) is 14.4. The molecule has 0 saturated carbocycles. The number of amides is 1. The Hall–Kier alpha value is -3.46. The number of ether oxygens (including phenoxy) is 2. The molecular weight excluding hydrogens is 531 g/mol. The molecule has 0 fully saturated rings. The second-order valence-electron chi connectivity index (χ2n) is 7.49. The van der Waals surface area contributed by atoms with Gasteiger partial charge in [0.05, 0.1) is 33.2 Å². The zero-order chi connectivity index (χ0) is 23.5. The van der Waals surface area contributed by atoms with E-state index < -0.39 is 5.97 Å². The van der Waals surface area contributed by atoms with Crippen LogP contribution in [0.15, 0.2) is 77.4 Å². The van der Waals surface area contributed by atoms with Crippen LogP contribution in [0.25, 0.3) is 6.08 Å². The number of esters is 1. The topological polar surface area (TPSA) is 68.2 Å². The highest BCUT2D eigenvalue weighted by molar-refractivity contribution is 14.1. The number of benzene rings is 3. The van der Waals surface area contributed by atoms with Crippen molar-refractivity contribution in [2.45, 2.75) is 13.8 Å². The Labute approximate surface area is 205 Å². The molecule has 0 aromatic heterocycles. The third-order valence-electron chi connectivity index (χ3n) is 5.11. The van der Waals surface area contributed by atoms with Crippen LogP contribution in [-0.4, -0.2) is 24.7 Å². The summed E-state index contributed by atoms with van der Waals surface area (Å²) < 4.78 is 11.8. The van der Waals surface area contributed by atoms with Crippen molar-refractivity contribution < 1.29 is 19.1 Å². The molecule has 3 aromatic carbocycles. The van der Waals surface area contributed by atoms with Crippen LogP contribution in [0.5, 0.6) is 11.5 Å². The summed E-state index contributed by atoms with van der Waals surface area (Å²) in [6, 6.07) is 19.9. The maximum atomic E-state index is 13.1. The molecule has 0 saturated heterocycles. The highest BCUT2D eigenvalue weighted by Gasteiger charge is 2.29. The van der Waals surface area contributed by atoms with Gasteiger partial charge in [0.1, 0.15) is 0 Å². The van der Waals surface area contributed by atoms with Crippen LogP contribution in [0.1, 0.15) is 28.4 Å². The maximum absolute atomic E-state index is 13.1. The van der Waals surface area contributed by atoms with Crippen LogP contribution in [0.3, 0.4) is 0 Å². The Bertz CT molecular complexity index is 1280. The lowest BCUT2D eigenvalue weighted by atomic mass is 10.1. The molecule has 7 heteroatoms. The number of rotatable bonds is 5. The van der Waals surface area contributed by atoms with Gasteiger partial charge in [0.15, 0.2) is 11.5 Å². The number of aryl methyl sites for hydroxylation is 1. The summed E-state index contributed by atoms with van der Waals surface area (Å²) in [5.41, 5.74) is 4.11. The Balaban J connectivity index is 1.63. The minimum Gasteiger partial charge on any atom is -0.493 e. The Kier molecular flexibility index (Phi) is 6.60. The quantitative estimate of drug-likeness (QED) is 0.178. The lowest BCUT2D eigenvalue weighted by molar-refractivity contribution is -0.114. The molecule has 4 rings (SSSR count). The van der Waals surface area contributed by atoms with Gasteiger partial charge in [-0.1, -0.05) is 35.9 Å². The van der Waals surface area contributed by atoms with E-state index in [1.807, 2.05) is 43.3 Å². The Morgan fingerprint density at radius 2 is 1.73 bits per heavy atom. The number of hydrazone groups is 1. The lowest BCUT2D eigenvalue weighted by Crippen LogP contribution is -2.21. The number of carbonyl (C=O) groups is 2. The van der Waals surface area contributed by atoms with E-state index in [1.165, 1.54) is 12.1 Å². The fraction of sp³-hybridized carbons (Fsp3) is 0.115. The van der Waals surface area contributed by atoms with E-state index in [9.17, 15) is 9.59 Å². The monoisotopic (exact) mass is 552 g/mol. The van der Waals surface area contributed by atoms with Crippen molar-refractivity contribution in [1.82, 2.24) is 0 Å². The molecule has 1 aliphatic heterocycles. The summed E-state index contributed by atoms with van der Waals surface area (Å²) in [5.74, 6) is 0.0532. The molecular formula is C26H21IN2O4. The molecule has 33 heavy (non-hydrogen) atoms. The number of carbonyl (C=O) groups excluding carboxylic acids is 2. The van der Waals surface area contributed by atoms with Crippen molar-refractivity contribution in [3.05, 3.63) is 92.6 Å². The minimum absolute atomic E-state index is 0.204. The number of anilines is 1. The van der Waals surface area contributed by atoms with Gasteiger partial charge in [0.2, 0.25) is 0 Å². The fourth-order valence-electron chi connectivity index (χ4n) is 3.36. The van der Waals surface area contributed by atoms with Crippen molar-refractivity contribution in [2.75, 3.05) is 12.1 Å². The first-order valence-electron chi connectivity index (χ1n) is 10.2. The van der Waals surface area contributed by atoms with Crippen molar-refractivity contribution >= 4 is 51.9 Å². The standard InChI is InChI=1S/C26H21IN2O4/c1-16-9-11-20(12-10-16)29-25(30)21(17(2)28-29)13-18-14-22(27)24(23(15-18)32-3)33-26(31)19-7-5-4-6-8-19/h4-15H,1-3H3. The molecule has 1 heterocycles. The highest BCUT2D eigenvalue weighted by Crippen LogP contribution is 2.36. The molecule has 0 radical (unpaired) electrons. The van der Waals surface area contributed by atoms with Gasteiger partial charge in [-0.25, -0.2) is 4.79 Å². The molecule has 166 valence electrons. The number of hydrogen-bond acceptors (Lipinski definition) is 5. The molecule has 0 N–H and O–H groups in total. The largest absolute Gasteiger partial charge is 0.493 e. The summed E-state index contributed by atoms with van der Waals surface area (Å²) in [7, 11) is 1.51. The Morgan fingerprint density at radius 3 is 2.39 bits per heavy atom. The van der Waals surface area contributed by atoms with Crippen LogP contribution >= 0.6 is 22.6 Å². The molecule has 6 nitrogen and oxygen atoms in total. The third kappa shape index (κ3) is 4.83. The van der Waals surface area contributed by atoms with E-state index in [1.54, 1.807) is 43.3 Å². The van der Waals surface area contributed by atoms with Gasteiger partial charge in [-0.3, -0.25) is 4.79 Å². The summed E-state index contributed by atoms with van der Waals surface area (Å²) in [4.78, 5) is 25.6. The van der Waals surface area contributed by atoms with Crippen LogP contribution in [0.2, 0.25) is 0 Å². The molecule has 3 aromatic rings. The first kappa shape index (κ1) is 22.7. The molecule has 1 aliphatic rings. The summed E-state index contributed by atoms with van der Waals surface area (Å²) in [5, 5.41) is 5.83. The fourth-order valence-corrected chi connectivity index (χ4v) is 4.10. The van der Waals surface area contributed by atoms with Crippen molar-refractivity contribution in [2.24, 2.45) is 5.10 Å². The van der Waals surface area contributed by atoms with Gasteiger partial charge in [-0.2, -0.15) is 10.1 Å². The zero-order valence-corrected chi connectivity index (χ0v) is 20.5. The molecule has 0 bridgehead atoms. The number of methoxy groups -OCH3 is 1. The van der Waals surface area contributed by atoms with Crippen LogP contribution in [0.4, 0.5) is 5.69 Å². The van der Waals surface area contributed by atoms with Crippen LogP contribution in [0, 0.1) is 10.5 Å². The van der Waals surface area contributed by atoms with Gasteiger partial charge < -0.3 is 9.47 Å². The van der Waals surface area contributed by atoms with E-state index in [0.29, 0.717) is 37.6 Å². The number of nitrogens with zero attached hydrogens (tertiary/aromatic N) is 2. The summed E-state index contributed by atoms with van der Waals surface area (Å²) in [6.07, 6.45) is 1.77. The SMILES string of the molecule is COc1cc(C=C2C(=O)N(c3ccc(C)cc3)N=C2C)cc(I)c1OC(=O)c1ccccc1. The predicted molar refractivity (Wildman–Crippen MR) is 137 cm³/mol. The van der Waals surface area contributed by atoms with E-state index in [4.69, 9.17) is 9.47 Å². The number of halogens is 1. The third-order valence-corrected chi connectivity index (χ3v) is 5.91. The Morgan fingerprint density at radius 1 is 1.03 bits per heavy atom. The van der Waals surface area contributed by atoms with Gasteiger partial charge in [-0.15, -0.1) is 0 Å². The summed E-state index contributed by atoms with van der Waals surface area (Å²) >= 11 is 2.09. The molecule has 0 spiro atoms. The average Bonchev–Trinajstić information content (AvgIpc) is 3.09. The smallest absolute Gasteiger partial charge is 0.343 e. The molecule has 0 unspecified atom stereocenters. The molecule has 1 amide bonds. The highest BCUT2D eigenvalue weighted by atomic mass is 127. The second-order valence-corrected chi connectivity index (χ2v) is 8.65. The van der Waals surface area contributed by atoms with Gasteiger partial charge in [-0.05, 0) is 84.5 Å². The van der Waals surface area contributed by atoms with E-state index in [-0.39, 0.29) is 5.91 Å². The second kappa shape index (κ2) is 9.58. The van der Waals surface area contributed by atoms with E-state index >= 15 is 0 Å². The zero-order valence-electron chi connectivity index (χ0n) is 18.3. The first-order valence-corrected chi connectivity index (χ1v) is 11.3. The van der Waals surface area contributed by atoms with Crippen molar-refractivity contribution in [3.8, 4) is 11.5 Å². The van der Waals surface area contributed by atoms with Crippen LogP contribution in [-0.2, 0) is 4.79 Å². The average molecular weight is 552 g/mol. The van der Waals surface area contributed by atoms with Gasteiger partial charge in [0, 0.05) is 0 Å². The van der Waals surface area contributed by atoms with Gasteiger partial charge >= 0.3 is 5.97 Å². The molecule has 0 aliphatic carbocycles. The van der Waals surface area contributed by atoms with E-state index in [2.05, 4.69) is 27.7 Å². The predicted octanol–water partition coefficient (Wildman–Crippen LogP) is 5.63. The van der Waals surface area contributed by atoms with Crippen molar-refractivity contribution in [3.63, 3.8) is 0 Å². The maximum Gasteiger partial charge on any atom is 0.343 e. The van der Waals surface area contributed by atoms with Crippen LogP contribution < -0.4 is 14.5 Å². The lowest BCUT2D eigenvalue weighted by Gasteiger charge is -2.13. The van der Waals surface area contributed by atoms with E-state index in [0.717, 1.165) is 11.1 Å². The number of hydrogen-bond donors (Lipinski definition) is 0. The summed E-state index contributed by atoms with van der Waals surface area (Å²) in [6.45, 7) is 3.79. The van der Waals surface area contributed by atoms with Gasteiger partial charge in [0.25, 0.3) is 5.91 Å². The minimum atomic E-state index is -0.472. The van der Waals surface area contributed by atoms with Crippen molar-refractivity contribution in [1.29, 1.82) is 0 Å². The molecule has 0 atom stereocenters.